The number of hydrogen-bond acceptors (Lipinski definition) is 9. The third-order valence-electron chi connectivity index (χ3n) is 9.68. The number of carbonyl (C=O) groups is 5. The molecule has 10 nitrogen and oxygen atoms in total. The summed E-state index contributed by atoms with van der Waals surface area (Å²) >= 11 is 0. The van der Waals surface area contributed by atoms with Gasteiger partial charge in [-0.3, -0.25) is 28.9 Å². The predicted octanol–water partition coefficient (Wildman–Crippen LogP) is 1.82. The van der Waals surface area contributed by atoms with Gasteiger partial charge in [0.1, 0.15) is 5.75 Å². The van der Waals surface area contributed by atoms with E-state index in [1.807, 2.05) is 54.6 Å². The number of rotatable bonds is 7. The van der Waals surface area contributed by atoms with E-state index in [0.717, 1.165) is 22.3 Å². The highest BCUT2D eigenvalue weighted by atomic mass is 16.3. The summed E-state index contributed by atoms with van der Waals surface area (Å²) in [5.74, 6) is -10.6. The molecule has 3 aromatic rings. The SMILES string of the molecule is CN(C)C1C(=O)C(C(N)=O)C(=O)C2(O)C(=O)C3C(=O)c4c(O)ccc(-c5cccc(CNCc6ccccc6)c5)c4CC3CC12. The van der Waals surface area contributed by atoms with Crippen LogP contribution in [0, 0.1) is 23.7 Å². The molecule has 3 aromatic carbocycles. The molecule has 6 rings (SSSR count). The van der Waals surface area contributed by atoms with Gasteiger partial charge < -0.3 is 21.3 Å². The maximum absolute atomic E-state index is 14.0. The second-order valence-electron chi connectivity index (χ2n) is 12.6. The molecule has 6 atom stereocenters. The number of likely N-dealkylation sites (N-methyl/N-ethyl adjacent to an activating group) is 1. The summed E-state index contributed by atoms with van der Waals surface area (Å²) in [6.07, 6.45) is 0.203. The minimum absolute atomic E-state index is 0.00242. The van der Waals surface area contributed by atoms with Gasteiger partial charge in [0.05, 0.1) is 17.5 Å². The topological polar surface area (TPSA) is 167 Å². The van der Waals surface area contributed by atoms with Crippen LogP contribution in [0.25, 0.3) is 11.1 Å². The van der Waals surface area contributed by atoms with Crippen molar-refractivity contribution < 1.29 is 34.2 Å². The molecule has 3 aliphatic carbocycles. The first kappa shape index (κ1) is 30.5. The van der Waals surface area contributed by atoms with Crippen LogP contribution < -0.4 is 11.1 Å². The first-order chi connectivity index (χ1) is 21.4. The molecular formula is C35H35N3O7. The molecule has 0 aliphatic heterocycles. The first-order valence-electron chi connectivity index (χ1n) is 15.0. The smallest absolute Gasteiger partial charge is 0.235 e. The van der Waals surface area contributed by atoms with E-state index in [9.17, 15) is 34.2 Å². The van der Waals surface area contributed by atoms with Gasteiger partial charge >= 0.3 is 0 Å². The summed E-state index contributed by atoms with van der Waals surface area (Å²) in [7, 11) is 3.12. The van der Waals surface area contributed by atoms with Crippen LogP contribution in [-0.4, -0.2) is 69.9 Å². The van der Waals surface area contributed by atoms with Gasteiger partial charge in [0, 0.05) is 19.0 Å². The summed E-state index contributed by atoms with van der Waals surface area (Å²) in [6, 6.07) is 19.9. The van der Waals surface area contributed by atoms with Crippen LogP contribution in [0.3, 0.4) is 0 Å². The third kappa shape index (κ3) is 4.89. The van der Waals surface area contributed by atoms with E-state index in [0.29, 0.717) is 18.7 Å². The molecular weight excluding hydrogens is 574 g/mol. The molecule has 1 amide bonds. The predicted molar refractivity (Wildman–Crippen MR) is 164 cm³/mol. The van der Waals surface area contributed by atoms with Crippen molar-refractivity contribution in [2.75, 3.05) is 14.1 Å². The fourth-order valence-corrected chi connectivity index (χ4v) is 7.67. The van der Waals surface area contributed by atoms with Crippen molar-refractivity contribution in [1.82, 2.24) is 10.2 Å². The summed E-state index contributed by atoms with van der Waals surface area (Å²) in [6.45, 7) is 1.29. The number of nitrogens with zero attached hydrogens (tertiary/aromatic N) is 1. The Balaban J connectivity index is 1.36. The van der Waals surface area contributed by atoms with E-state index in [2.05, 4.69) is 5.32 Å². The molecule has 3 aliphatic rings. The maximum atomic E-state index is 14.0. The average molecular weight is 610 g/mol. The Morgan fingerprint density at radius 3 is 2.33 bits per heavy atom. The lowest BCUT2D eigenvalue weighted by atomic mass is 9.52. The van der Waals surface area contributed by atoms with Crippen molar-refractivity contribution in [2.24, 2.45) is 29.4 Å². The minimum atomic E-state index is -2.74. The monoisotopic (exact) mass is 609 g/mol. The summed E-state index contributed by atoms with van der Waals surface area (Å²) in [5, 5.41) is 26.1. The molecule has 0 saturated heterocycles. The van der Waals surface area contributed by atoms with Crippen molar-refractivity contribution in [3.63, 3.8) is 0 Å². The second-order valence-corrected chi connectivity index (χ2v) is 12.6. The van der Waals surface area contributed by atoms with E-state index in [4.69, 9.17) is 5.73 Å². The quantitative estimate of drug-likeness (QED) is 0.292. The molecule has 2 fully saturated rings. The van der Waals surface area contributed by atoms with Gasteiger partial charge in [0.15, 0.2) is 34.7 Å². The lowest BCUT2D eigenvalue weighted by molar-refractivity contribution is -0.181. The number of aliphatic hydroxyl groups is 1. The zero-order valence-electron chi connectivity index (χ0n) is 25.0. The lowest BCUT2D eigenvalue weighted by Gasteiger charge is -2.52. The number of benzene rings is 3. The molecule has 10 heteroatoms. The van der Waals surface area contributed by atoms with Crippen LogP contribution >= 0.6 is 0 Å². The average Bonchev–Trinajstić information content (AvgIpc) is 2.99. The first-order valence-corrected chi connectivity index (χ1v) is 15.0. The summed E-state index contributed by atoms with van der Waals surface area (Å²) in [4.78, 5) is 68.5. The number of fused-ring (bicyclic) bond motifs is 3. The number of Topliss-reactive ketones (excluding diaryl/α,β-unsaturated/α-hetero) is 4. The van der Waals surface area contributed by atoms with Crippen LogP contribution in [0.4, 0.5) is 0 Å². The van der Waals surface area contributed by atoms with Crippen molar-refractivity contribution in [2.45, 2.75) is 37.6 Å². The number of phenolic OH excluding ortho intramolecular Hbond substituents is 1. The Kier molecular flexibility index (Phi) is 7.76. The highest BCUT2D eigenvalue weighted by Crippen LogP contribution is 2.51. The zero-order valence-corrected chi connectivity index (χ0v) is 25.0. The Bertz CT molecular complexity index is 1740. The number of nitrogens with two attached hydrogens (primary N) is 1. The zero-order chi connectivity index (χ0) is 32.2. The standard InChI is InChI=1S/C35H35N3O7/c1-38(2)29-24-15-21-14-23-22(20-10-6-9-19(13-20)17-37-16-18-7-4-3-5-8-18)11-12-25(39)27(23)30(40)26(21)32(42)35(24,45)33(43)28(31(29)41)34(36)44/h3-13,21,24,26,28-29,37,39,45H,14-17H2,1-2H3,(H2,36,44). The molecule has 232 valence electrons. The molecule has 45 heavy (non-hydrogen) atoms. The molecule has 0 bridgehead atoms. The summed E-state index contributed by atoms with van der Waals surface area (Å²) in [5.41, 5.74) is 6.91. The van der Waals surface area contributed by atoms with E-state index in [1.165, 1.54) is 11.0 Å². The molecule has 2 saturated carbocycles. The van der Waals surface area contributed by atoms with Crippen LogP contribution in [0.1, 0.15) is 33.5 Å². The number of primary amides is 1. The van der Waals surface area contributed by atoms with Crippen molar-refractivity contribution in [3.05, 3.63) is 89.0 Å². The van der Waals surface area contributed by atoms with Gasteiger partial charge in [0.25, 0.3) is 0 Å². The fourth-order valence-electron chi connectivity index (χ4n) is 7.67. The Morgan fingerprint density at radius 1 is 0.956 bits per heavy atom. The van der Waals surface area contributed by atoms with Crippen LogP contribution in [0.15, 0.2) is 66.7 Å². The Hall–Kier alpha value is -4.51. The largest absolute Gasteiger partial charge is 0.507 e. The molecule has 6 unspecified atom stereocenters. The van der Waals surface area contributed by atoms with Crippen molar-refractivity contribution in [1.29, 1.82) is 0 Å². The van der Waals surface area contributed by atoms with Crippen LogP contribution in [0.2, 0.25) is 0 Å². The van der Waals surface area contributed by atoms with Gasteiger partial charge in [-0.25, -0.2) is 0 Å². The van der Waals surface area contributed by atoms with Gasteiger partial charge in [-0.15, -0.1) is 0 Å². The van der Waals surface area contributed by atoms with Gasteiger partial charge in [0.2, 0.25) is 5.91 Å². The molecule has 0 spiro atoms. The molecule has 0 aromatic heterocycles. The van der Waals surface area contributed by atoms with E-state index < -0.39 is 64.4 Å². The van der Waals surface area contributed by atoms with Crippen molar-refractivity contribution in [3.8, 4) is 16.9 Å². The van der Waals surface area contributed by atoms with E-state index in [1.54, 1.807) is 20.2 Å². The number of aromatic hydroxyl groups is 1. The highest BCUT2D eigenvalue weighted by Gasteiger charge is 2.69. The highest BCUT2D eigenvalue weighted by molar-refractivity contribution is 6.32. The van der Waals surface area contributed by atoms with Gasteiger partial charge in [-0.1, -0.05) is 54.6 Å². The molecule has 0 heterocycles. The van der Waals surface area contributed by atoms with Gasteiger partial charge in [-0.2, -0.15) is 0 Å². The number of phenols is 1. The van der Waals surface area contributed by atoms with Crippen LogP contribution in [-0.2, 0) is 38.7 Å². The maximum Gasteiger partial charge on any atom is 0.235 e. The number of hydrogen-bond donors (Lipinski definition) is 4. The number of amides is 1. The number of ketones is 4. The fraction of sp³-hybridized carbons (Fsp3) is 0.343. The third-order valence-corrected chi connectivity index (χ3v) is 9.68. The second kappa shape index (κ2) is 11.4. The minimum Gasteiger partial charge on any atom is -0.507 e. The van der Waals surface area contributed by atoms with Crippen LogP contribution in [0.5, 0.6) is 5.75 Å². The molecule has 0 radical (unpaired) electrons. The lowest BCUT2D eigenvalue weighted by Crippen LogP contribution is -2.74. The number of carbonyl (C=O) groups excluding carboxylic acids is 5. The Labute approximate surface area is 260 Å². The molecule has 5 N–H and O–H groups in total. The van der Waals surface area contributed by atoms with E-state index >= 15 is 0 Å². The Morgan fingerprint density at radius 2 is 1.64 bits per heavy atom. The summed E-state index contributed by atoms with van der Waals surface area (Å²) < 4.78 is 0. The normalized spacial score (nSPS) is 27.6. The number of nitrogens with one attached hydrogen (secondary N) is 1. The van der Waals surface area contributed by atoms with Crippen molar-refractivity contribution >= 4 is 29.0 Å². The van der Waals surface area contributed by atoms with E-state index in [-0.39, 0.29) is 24.2 Å². The van der Waals surface area contributed by atoms with Gasteiger partial charge in [-0.05, 0) is 72.8 Å².